The molecule has 1 aromatic rings. The topological polar surface area (TPSA) is 89.7 Å². The molecule has 6 nitrogen and oxygen atoms in total. The molecule has 1 atom stereocenters. The van der Waals surface area contributed by atoms with Crippen LogP contribution in [0.2, 0.25) is 0 Å². The van der Waals surface area contributed by atoms with Gasteiger partial charge in [-0.15, -0.1) is 0 Å². The highest BCUT2D eigenvalue weighted by molar-refractivity contribution is 7.89. The van der Waals surface area contributed by atoms with Crippen LogP contribution in [0.15, 0.2) is 18.2 Å². The summed E-state index contributed by atoms with van der Waals surface area (Å²) in [4.78, 5) is 13.7. The molecule has 0 aliphatic carbocycles. The fourth-order valence-corrected chi connectivity index (χ4v) is 3.35. The molecule has 1 heterocycles. The number of aryl methyl sites for hydroxylation is 1. The number of nitrogens with two attached hydrogens (primary N) is 1. The number of hydrogen-bond donors (Lipinski definition) is 1. The fourth-order valence-electron chi connectivity index (χ4n) is 2.47. The molecule has 0 aromatic heterocycles. The Kier molecular flexibility index (Phi) is 4.01. The molecule has 1 amide bonds. The van der Waals surface area contributed by atoms with E-state index in [0.29, 0.717) is 18.0 Å². The maximum Gasteiger partial charge on any atom is 0.227 e. The van der Waals surface area contributed by atoms with Crippen molar-refractivity contribution in [2.24, 2.45) is 11.1 Å². The van der Waals surface area contributed by atoms with E-state index in [4.69, 9.17) is 9.88 Å². The van der Waals surface area contributed by atoms with Crippen LogP contribution in [0, 0.1) is 12.8 Å². The lowest BCUT2D eigenvalue weighted by Crippen LogP contribution is -2.27. The molecule has 1 fully saturated rings. The average Bonchev–Trinajstić information content (AvgIpc) is 2.67. The minimum atomic E-state index is -3.57. The van der Waals surface area contributed by atoms with E-state index in [9.17, 15) is 13.2 Å². The molecule has 1 saturated heterocycles. The first-order valence-corrected chi connectivity index (χ1v) is 7.97. The number of carbonyl (C=O) groups is 1. The summed E-state index contributed by atoms with van der Waals surface area (Å²) in [5.41, 5.74) is 1.68. The van der Waals surface area contributed by atoms with E-state index in [-0.39, 0.29) is 24.0 Å². The fraction of sp³-hybridized carbons (Fsp3) is 0.462. The van der Waals surface area contributed by atoms with Crippen molar-refractivity contribution in [3.8, 4) is 5.75 Å². The zero-order chi connectivity index (χ0) is 14.9. The highest BCUT2D eigenvalue weighted by Gasteiger charge is 2.34. The molecule has 2 N–H and O–H groups in total. The lowest BCUT2D eigenvalue weighted by Gasteiger charge is -2.20. The molecule has 0 bridgehead atoms. The van der Waals surface area contributed by atoms with Crippen LogP contribution in [0.4, 0.5) is 5.69 Å². The van der Waals surface area contributed by atoms with Gasteiger partial charge in [-0.2, -0.15) is 0 Å². The SMILES string of the molecule is COc1ccc(C)cc1N1CC(CS(N)(=O)=O)CC1=O. The zero-order valence-electron chi connectivity index (χ0n) is 11.5. The number of methoxy groups -OCH3 is 1. The highest BCUT2D eigenvalue weighted by Crippen LogP contribution is 2.34. The number of amides is 1. The Morgan fingerprint density at radius 2 is 2.15 bits per heavy atom. The maximum absolute atomic E-state index is 12.1. The molecule has 2 rings (SSSR count). The van der Waals surface area contributed by atoms with Crippen molar-refractivity contribution in [2.75, 3.05) is 24.3 Å². The van der Waals surface area contributed by atoms with E-state index in [1.807, 2.05) is 19.1 Å². The van der Waals surface area contributed by atoms with Crippen LogP contribution in [0.25, 0.3) is 0 Å². The molecule has 0 spiro atoms. The second-order valence-corrected chi connectivity index (χ2v) is 6.74. The lowest BCUT2D eigenvalue weighted by atomic mass is 10.1. The number of rotatable bonds is 4. The number of benzene rings is 1. The minimum absolute atomic E-state index is 0.109. The van der Waals surface area contributed by atoms with Gasteiger partial charge in [0.05, 0.1) is 18.6 Å². The van der Waals surface area contributed by atoms with Crippen molar-refractivity contribution in [1.82, 2.24) is 0 Å². The van der Waals surface area contributed by atoms with Crippen molar-refractivity contribution >= 4 is 21.6 Å². The largest absolute Gasteiger partial charge is 0.495 e. The van der Waals surface area contributed by atoms with E-state index < -0.39 is 10.0 Å². The van der Waals surface area contributed by atoms with Gasteiger partial charge in [-0.3, -0.25) is 4.79 Å². The van der Waals surface area contributed by atoms with Crippen LogP contribution >= 0.6 is 0 Å². The number of carbonyl (C=O) groups excluding carboxylic acids is 1. The van der Waals surface area contributed by atoms with Gasteiger partial charge in [0.15, 0.2) is 0 Å². The third-order valence-corrected chi connectivity index (χ3v) is 4.23. The normalized spacial score (nSPS) is 19.4. The summed E-state index contributed by atoms with van der Waals surface area (Å²) in [5.74, 6) is 0.0362. The van der Waals surface area contributed by atoms with E-state index >= 15 is 0 Å². The number of hydrogen-bond acceptors (Lipinski definition) is 4. The van der Waals surface area contributed by atoms with Crippen molar-refractivity contribution < 1.29 is 17.9 Å². The van der Waals surface area contributed by atoms with Crippen LogP contribution in [0.1, 0.15) is 12.0 Å². The summed E-state index contributed by atoms with van der Waals surface area (Å²) in [6.07, 6.45) is 0.188. The molecule has 1 aliphatic heterocycles. The van der Waals surface area contributed by atoms with Gasteiger partial charge in [-0.1, -0.05) is 6.07 Å². The second kappa shape index (κ2) is 5.41. The Labute approximate surface area is 118 Å². The Morgan fingerprint density at radius 3 is 2.75 bits per heavy atom. The van der Waals surface area contributed by atoms with Gasteiger partial charge in [-0.05, 0) is 24.6 Å². The van der Waals surface area contributed by atoms with Crippen molar-refractivity contribution in [1.29, 1.82) is 0 Å². The highest BCUT2D eigenvalue weighted by atomic mass is 32.2. The van der Waals surface area contributed by atoms with Gasteiger partial charge in [0.2, 0.25) is 15.9 Å². The first-order valence-electron chi connectivity index (χ1n) is 6.25. The number of ether oxygens (including phenoxy) is 1. The van der Waals surface area contributed by atoms with E-state index in [1.54, 1.807) is 11.0 Å². The smallest absolute Gasteiger partial charge is 0.227 e. The summed E-state index contributed by atoms with van der Waals surface area (Å²) < 4.78 is 27.5. The summed E-state index contributed by atoms with van der Waals surface area (Å²) in [6.45, 7) is 2.26. The van der Waals surface area contributed by atoms with Crippen molar-refractivity contribution in [2.45, 2.75) is 13.3 Å². The Bertz CT molecular complexity index is 627. The zero-order valence-corrected chi connectivity index (χ0v) is 12.3. The quantitative estimate of drug-likeness (QED) is 0.883. The van der Waals surface area contributed by atoms with Gasteiger partial charge in [0.1, 0.15) is 5.75 Å². The van der Waals surface area contributed by atoms with Gasteiger partial charge >= 0.3 is 0 Å². The maximum atomic E-state index is 12.1. The lowest BCUT2D eigenvalue weighted by molar-refractivity contribution is -0.117. The summed E-state index contributed by atoms with van der Waals surface area (Å²) in [6, 6.07) is 5.55. The van der Waals surface area contributed by atoms with E-state index in [0.717, 1.165) is 5.56 Å². The Hall–Kier alpha value is -1.60. The predicted molar refractivity (Wildman–Crippen MR) is 76.2 cm³/mol. The summed E-state index contributed by atoms with van der Waals surface area (Å²) >= 11 is 0. The van der Waals surface area contributed by atoms with Gasteiger partial charge in [0, 0.05) is 18.9 Å². The first-order chi connectivity index (χ1) is 9.30. The Morgan fingerprint density at radius 1 is 1.45 bits per heavy atom. The second-order valence-electron chi connectivity index (χ2n) is 5.08. The van der Waals surface area contributed by atoms with Crippen molar-refractivity contribution in [3.05, 3.63) is 23.8 Å². The third kappa shape index (κ3) is 3.29. The van der Waals surface area contributed by atoms with Gasteiger partial charge in [0.25, 0.3) is 0 Å². The number of primary sulfonamides is 1. The molecule has 1 unspecified atom stereocenters. The molecule has 20 heavy (non-hydrogen) atoms. The van der Waals surface area contributed by atoms with Crippen molar-refractivity contribution in [3.63, 3.8) is 0 Å². The van der Waals surface area contributed by atoms with Crippen LogP contribution in [-0.2, 0) is 14.8 Å². The molecular weight excluding hydrogens is 280 g/mol. The van der Waals surface area contributed by atoms with Crippen LogP contribution < -0.4 is 14.8 Å². The van der Waals surface area contributed by atoms with Crippen LogP contribution in [0.5, 0.6) is 5.75 Å². The molecule has 1 aromatic carbocycles. The number of nitrogens with zero attached hydrogens (tertiary/aromatic N) is 1. The van der Waals surface area contributed by atoms with E-state index in [2.05, 4.69) is 0 Å². The average molecular weight is 298 g/mol. The van der Waals surface area contributed by atoms with Crippen LogP contribution in [0.3, 0.4) is 0 Å². The third-order valence-electron chi connectivity index (χ3n) is 3.30. The first kappa shape index (κ1) is 14.8. The number of sulfonamides is 1. The molecule has 0 saturated carbocycles. The molecule has 7 heteroatoms. The monoisotopic (exact) mass is 298 g/mol. The van der Waals surface area contributed by atoms with Gasteiger partial charge < -0.3 is 9.64 Å². The molecule has 110 valence electrons. The molecular formula is C13H18N2O4S. The molecule has 0 radical (unpaired) electrons. The standard InChI is InChI=1S/C13H18N2O4S/c1-9-3-4-12(19-2)11(5-9)15-7-10(6-13(15)16)8-20(14,17)18/h3-5,10H,6-8H2,1-2H3,(H2,14,17,18). The van der Waals surface area contributed by atoms with E-state index in [1.165, 1.54) is 7.11 Å². The minimum Gasteiger partial charge on any atom is -0.495 e. The van der Waals surface area contributed by atoms with Gasteiger partial charge in [-0.25, -0.2) is 13.6 Å². The summed E-state index contributed by atoms with van der Waals surface area (Å²) in [5, 5.41) is 5.04. The van der Waals surface area contributed by atoms with Crippen LogP contribution in [-0.4, -0.2) is 33.7 Å². The molecule has 1 aliphatic rings. The predicted octanol–water partition coefficient (Wildman–Crippen LogP) is 0.645. The summed E-state index contributed by atoms with van der Waals surface area (Å²) in [7, 11) is -2.03. The number of anilines is 1. The Balaban J connectivity index is 2.26.